The Labute approximate surface area is 334 Å². The third-order valence-corrected chi connectivity index (χ3v) is 9.55. The van der Waals surface area contributed by atoms with Crippen molar-refractivity contribution < 1.29 is 15.0 Å². The van der Waals surface area contributed by atoms with Crippen LogP contribution in [0.3, 0.4) is 0 Å². The molecule has 0 aromatic carbocycles. The van der Waals surface area contributed by atoms with Crippen LogP contribution in [0.4, 0.5) is 0 Å². The Morgan fingerprint density at radius 2 is 0.833 bits per heavy atom. The molecule has 0 fully saturated rings. The van der Waals surface area contributed by atoms with Crippen molar-refractivity contribution >= 4 is 5.91 Å². The highest BCUT2D eigenvalue weighted by atomic mass is 16.3. The first kappa shape index (κ1) is 51.3. The van der Waals surface area contributed by atoms with Crippen LogP contribution in [-0.2, 0) is 4.79 Å². The molecule has 0 aromatic heterocycles. The van der Waals surface area contributed by atoms with Gasteiger partial charge in [0.15, 0.2) is 0 Å². The first-order valence-corrected chi connectivity index (χ1v) is 22.5. The van der Waals surface area contributed by atoms with E-state index in [1.54, 1.807) is 6.08 Å². The van der Waals surface area contributed by atoms with Gasteiger partial charge >= 0.3 is 0 Å². The van der Waals surface area contributed by atoms with E-state index in [1.807, 2.05) is 6.08 Å². The monoisotopic (exact) mass is 748 g/mol. The van der Waals surface area contributed by atoms with Crippen LogP contribution < -0.4 is 5.32 Å². The van der Waals surface area contributed by atoms with Crippen LogP contribution >= 0.6 is 0 Å². The minimum atomic E-state index is -0.866. The second-order valence-corrected chi connectivity index (χ2v) is 14.7. The number of carbonyl (C=O) groups is 1. The second-order valence-electron chi connectivity index (χ2n) is 14.7. The molecule has 0 radical (unpaired) electrons. The summed E-state index contributed by atoms with van der Waals surface area (Å²) in [7, 11) is 0. The molecule has 0 saturated heterocycles. The van der Waals surface area contributed by atoms with E-state index in [0.717, 1.165) is 70.6 Å². The summed E-state index contributed by atoms with van der Waals surface area (Å²) < 4.78 is 0. The van der Waals surface area contributed by atoms with Gasteiger partial charge in [-0.2, -0.15) is 0 Å². The number of allylic oxidation sites excluding steroid dienone is 15. The molecule has 0 aliphatic heterocycles. The van der Waals surface area contributed by atoms with Crippen molar-refractivity contribution in [3.63, 3.8) is 0 Å². The standard InChI is InChI=1S/C50H85NO3/c1-3-5-7-9-11-13-15-16-17-18-19-20-21-22-23-24-25-26-27-28-29-30-31-32-33-34-36-38-40-42-44-46-50(54)51-48(47-52)49(53)45-43-41-39-37-35-14-12-10-8-6-4-2/h5,7,11,13,16-17,19-20,22-23,25-26,35,37,43,45,48-49,52-53H,3-4,6,8-10,12,14-15,18,21,24,27-34,36,38-42,44,46-47H2,1-2H3,(H,51,54)/b7-5-,13-11-,17-16-,20-19-,23-22-,26-25-,37-35+,45-43+. The Morgan fingerprint density at radius 3 is 1.30 bits per heavy atom. The predicted molar refractivity (Wildman–Crippen MR) is 239 cm³/mol. The lowest BCUT2D eigenvalue weighted by molar-refractivity contribution is -0.123. The molecule has 2 atom stereocenters. The molecule has 54 heavy (non-hydrogen) atoms. The SMILES string of the molecule is CC/C=C\C/C=C\C/C=C\C/C=C\C/C=C\C/C=C\CCCCCCCCCCCCCCC(=O)NC(CO)C(O)/C=C/CC/C=C/CCCCCCC. The molecule has 0 saturated carbocycles. The average Bonchev–Trinajstić information content (AvgIpc) is 3.18. The number of hydrogen-bond acceptors (Lipinski definition) is 3. The summed E-state index contributed by atoms with van der Waals surface area (Å²) in [6.07, 6.45) is 66.7. The van der Waals surface area contributed by atoms with Gasteiger partial charge in [-0.3, -0.25) is 4.79 Å². The molecule has 4 nitrogen and oxygen atoms in total. The van der Waals surface area contributed by atoms with Gasteiger partial charge < -0.3 is 15.5 Å². The van der Waals surface area contributed by atoms with Crippen LogP contribution in [0.1, 0.15) is 194 Å². The Balaban J connectivity index is 3.58. The Hall–Kier alpha value is -2.69. The molecule has 0 aliphatic carbocycles. The maximum absolute atomic E-state index is 12.4. The largest absolute Gasteiger partial charge is 0.394 e. The first-order valence-electron chi connectivity index (χ1n) is 22.5. The van der Waals surface area contributed by atoms with E-state index in [0.29, 0.717) is 6.42 Å². The molecule has 1 amide bonds. The second kappa shape index (κ2) is 44.7. The number of hydrogen-bond donors (Lipinski definition) is 3. The number of rotatable bonds is 39. The van der Waals surface area contributed by atoms with Crippen molar-refractivity contribution in [2.45, 2.75) is 206 Å². The summed E-state index contributed by atoms with van der Waals surface area (Å²) in [5.74, 6) is -0.0827. The first-order chi connectivity index (χ1) is 26.7. The normalized spacial score (nSPS) is 13.9. The van der Waals surface area contributed by atoms with E-state index in [4.69, 9.17) is 0 Å². The fraction of sp³-hybridized carbons (Fsp3) is 0.660. The fourth-order valence-electron chi connectivity index (χ4n) is 6.14. The van der Waals surface area contributed by atoms with Gasteiger partial charge in [-0.25, -0.2) is 0 Å². The zero-order chi connectivity index (χ0) is 39.3. The molecular weight excluding hydrogens is 663 g/mol. The zero-order valence-electron chi connectivity index (χ0n) is 35.2. The third-order valence-electron chi connectivity index (χ3n) is 9.55. The van der Waals surface area contributed by atoms with Crippen molar-refractivity contribution in [2.75, 3.05) is 6.61 Å². The quantitative estimate of drug-likeness (QED) is 0.0433. The van der Waals surface area contributed by atoms with Gasteiger partial charge in [-0.15, -0.1) is 0 Å². The van der Waals surface area contributed by atoms with E-state index < -0.39 is 12.1 Å². The summed E-state index contributed by atoms with van der Waals surface area (Å²) in [5, 5.41) is 22.9. The van der Waals surface area contributed by atoms with Gasteiger partial charge in [0.05, 0.1) is 18.8 Å². The van der Waals surface area contributed by atoms with Gasteiger partial charge in [0.25, 0.3) is 0 Å². The molecule has 4 heteroatoms. The highest BCUT2D eigenvalue weighted by Gasteiger charge is 2.17. The minimum absolute atomic E-state index is 0.0827. The molecule has 0 bridgehead atoms. The number of amides is 1. The van der Waals surface area contributed by atoms with E-state index in [2.05, 4.69) is 104 Å². The Kier molecular flexibility index (Phi) is 42.5. The van der Waals surface area contributed by atoms with E-state index in [-0.39, 0.29) is 12.5 Å². The fourth-order valence-corrected chi connectivity index (χ4v) is 6.14. The number of aliphatic hydroxyl groups excluding tert-OH is 2. The number of aliphatic hydroxyl groups is 2. The van der Waals surface area contributed by atoms with Crippen LogP contribution in [0, 0.1) is 0 Å². The number of unbranched alkanes of at least 4 members (excludes halogenated alkanes) is 18. The van der Waals surface area contributed by atoms with E-state index >= 15 is 0 Å². The van der Waals surface area contributed by atoms with Crippen molar-refractivity contribution in [3.05, 3.63) is 97.2 Å². The lowest BCUT2D eigenvalue weighted by atomic mass is 10.0. The van der Waals surface area contributed by atoms with Crippen molar-refractivity contribution in [3.8, 4) is 0 Å². The predicted octanol–water partition coefficient (Wildman–Crippen LogP) is 14.2. The van der Waals surface area contributed by atoms with Crippen LogP contribution in [0.5, 0.6) is 0 Å². The van der Waals surface area contributed by atoms with Gasteiger partial charge in [0.2, 0.25) is 5.91 Å². The maximum atomic E-state index is 12.4. The highest BCUT2D eigenvalue weighted by Crippen LogP contribution is 2.14. The van der Waals surface area contributed by atoms with Crippen LogP contribution in [0.25, 0.3) is 0 Å². The van der Waals surface area contributed by atoms with E-state index in [9.17, 15) is 15.0 Å². The molecule has 308 valence electrons. The molecule has 0 rings (SSSR count). The molecule has 0 aromatic rings. The van der Waals surface area contributed by atoms with Crippen molar-refractivity contribution in [2.24, 2.45) is 0 Å². The molecule has 2 unspecified atom stereocenters. The topological polar surface area (TPSA) is 69.6 Å². The summed E-state index contributed by atoms with van der Waals surface area (Å²) >= 11 is 0. The number of carbonyl (C=O) groups excluding carboxylic acids is 1. The van der Waals surface area contributed by atoms with Crippen molar-refractivity contribution in [1.29, 1.82) is 0 Å². The lowest BCUT2D eigenvalue weighted by Gasteiger charge is -2.19. The molecule has 0 heterocycles. The molecule has 3 N–H and O–H groups in total. The van der Waals surface area contributed by atoms with Crippen molar-refractivity contribution in [1.82, 2.24) is 5.32 Å². The Bertz CT molecular complexity index is 1030. The van der Waals surface area contributed by atoms with Crippen LogP contribution in [0.2, 0.25) is 0 Å². The third kappa shape index (κ3) is 40.5. The highest BCUT2D eigenvalue weighted by molar-refractivity contribution is 5.76. The lowest BCUT2D eigenvalue weighted by Crippen LogP contribution is -2.45. The van der Waals surface area contributed by atoms with Crippen LogP contribution in [-0.4, -0.2) is 34.9 Å². The summed E-state index contributed by atoms with van der Waals surface area (Å²) in [4.78, 5) is 12.4. The summed E-state index contributed by atoms with van der Waals surface area (Å²) in [6.45, 7) is 4.14. The van der Waals surface area contributed by atoms with Gasteiger partial charge in [0.1, 0.15) is 0 Å². The van der Waals surface area contributed by atoms with Gasteiger partial charge in [-0.1, -0.05) is 201 Å². The summed E-state index contributed by atoms with van der Waals surface area (Å²) in [5.41, 5.74) is 0. The minimum Gasteiger partial charge on any atom is -0.394 e. The van der Waals surface area contributed by atoms with Crippen LogP contribution in [0.15, 0.2) is 97.2 Å². The van der Waals surface area contributed by atoms with Gasteiger partial charge in [-0.05, 0) is 83.5 Å². The number of nitrogens with one attached hydrogen (secondary N) is 1. The smallest absolute Gasteiger partial charge is 0.220 e. The zero-order valence-corrected chi connectivity index (χ0v) is 35.2. The van der Waals surface area contributed by atoms with E-state index in [1.165, 1.54) is 103 Å². The summed E-state index contributed by atoms with van der Waals surface area (Å²) in [6, 6.07) is -0.644. The molecule has 0 aliphatic rings. The molecular formula is C50H85NO3. The maximum Gasteiger partial charge on any atom is 0.220 e. The molecule has 0 spiro atoms. The Morgan fingerprint density at radius 1 is 0.463 bits per heavy atom. The average molecular weight is 748 g/mol. The van der Waals surface area contributed by atoms with Gasteiger partial charge in [0, 0.05) is 6.42 Å².